The number of benzene rings is 6. The summed E-state index contributed by atoms with van der Waals surface area (Å²) >= 11 is 0. The van der Waals surface area contributed by atoms with Crippen LogP contribution in [0.4, 0.5) is 0 Å². The average molecular weight is 767 g/mol. The first kappa shape index (κ1) is 42.6. The summed E-state index contributed by atoms with van der Waals surface area (Å²) in [6, 6.07) is 47.6. The van der Waals surface area contributed by atoms with Gasteiger partial charge in [0.05, 0.1) is 6.33 Å². The number of aromatic nitrogens is 6. The van der Waals surface area contributed by atoms with Gasteiger partial charge in [0.1, 0.15) is 12.7 Å². The van der Waals surface area contributed by atoms with E-state index in [1.165, 1.54) is 77.4 Å². The van der Waals surface area contributed by atoms with E-state index >= 15 is 0 Å². The molecule has 0 spiro atoms. The zero-order chi connectivity index (χ0) is 41.4. The van der Waals surface area contributed by atoms with Gasteiger partial charge in [0.25, 0.3) is 0 Å². The van der Waals surface area contributed by atoms with E-state index in [1.54, 1.807) is 29.7 Å². The van der Waals surface area contributed by atoms with Crippen LogP contribution in [0.5, 0.6) is 0 Å². The highest BCUT2D eigenvalue weighted by molar-refractivity contribution is 6.07. The Balaban J connectivity index is 0.000000140. The summed E-state index contributed by atoms with van der Waals surface area (Å²) in [5.41, 5.74) is 17.1. The molecule has 6 aromatic carbocycles. The first-order valence-corrected chi connectivity index (χ1v) is 20.3. The molecule has 9 aromatic rings. The maximum absolute atomic E-state index is 3.78. The number of imidazole rings is 1. The summed E-state index contributed by atoms with van der Waals surface area (Å²) in [6.45, 7) is 12.4. The lowest BCUT2D eigenvalue weighted by Crippen LogP contribution is -1.84. The van der Waals surface area contributed by atoms with E-state index in [4.69, 9.17) is 0 Å². The van der Waals surface area contributed by atoms with Gasteiger partial charge in [0, 0.05) is 55.3 Å². The third kappa shape index (κ3) is 10.1. The highest BCUT2D eigenvalue weighted by atomic mass is 15.2. The summed E-state index contributed by atoms with van der Waals surface area (Å²) in [4.78, 5) is 3.78. The molecule has 296 valence electrons. The molecular weight excluding hydrogens is 709 g/mol. The lowest BCUT2D eigenvalue weighted by atomic mass is 10.0. The Bertz CT molecular complexity index is 2530. The minimum Gasteiger partial charge on any atom is -0.344 e. The van der Waals surface area contributed by atoms with Crippen molar-refractivity contribution in [1.29, 1.82) is 0 Å². The normalized spacial score (nSPS) is 10.7. The van der Waals surface area contributed by atoms with Crippen molar-refractivity contribution >= 4 is 21.8 Å². The van der Waals surface area contributed by atoms with Crippen molar-refractivity contribution < 1.29 is 0 Å². The second kappa shape index (κ2) is 21.1. The molecule has 6 nitrogen and oxygen atoms in total. The summed E-state index contributed by atoms with van der Waals surface area (Å²) < 4.78 is 5.91. The molecule has 0 N–H and O–H groups in total. The van der Waals surface area contributed by atoms with Crippen LogP contribution in [-0.2, 0) is 34.0 Å². The van der Waals surface area contributed by atoms with Crippen molar-refractivity contribution in [2.45, 2.75) is 54.4 Å². The van der Waals surface area contributed by atoms with Gasteiger partial charge in [-0.05, 0) is 94.5 Å². The summed E-state index contributed by atoms with van der Waals surface area (Å²) in [5.74, 6) is 0. The molecule has 58 heavy (non-hydrogen) atoms. The van der Waals surface area contributed by atoms with E-state index in [2.05, 4.69) is 174 Å². The molecule has 0 saturated heterocycles. The van der Waals surface area contributed by atoms with Crippen LogP contribution in [0.15, 0.2) is 165 Å². The second-order valence-corrected chi connectivity index (χ2v) is 13.8. The highest BCUT2D eigenvalue weighted by Crippen LogP contribution is 2.39. The number of nitrogens with zero attached hydrogens (tertiary/aromatic N) is 6. The average Bonchev–Trinajstić information content (AvgIpc) is 4.13. The minimum absolute atomic E-state index is 1.10. The maximum Gasteiger partial charge on any atom is 0.119 e. The molecule has 2 aliphatic carbocycles. The third-order valence-corrected chi connectivity index (χ3v) is 10.1. The molecule has 0 atom stereocenters. The second-order valence-electron chi connectivity index (χ2n) is 13.8. The molecule has 0 fully saturated rings. The third-order valence-electron chi connectivity index (χ3n) is 10.1. The van der Waals surface area contributed by atoms with Crippen molar-refractivity contribution in [3.05, 3.63) is 198 Å². The van der Waals surface area contributed by atoms with Crippen LogP contribution in [0.1, 0.15) is 61.1 Å². The number of rotatable bonds is 0. The number of hydrogen-bond donors (Lipinski definition) is 0. The Kier molecular flexibility index (Phi) is 15.5. The molecule has 2 aliphatic rings. The summed E-state index contributed by atoms with van der Waals surface area (Å²) in [7, 11) is 5.93. The van der Waals surface area contributed by atoms with E-state index in [-0.39, 0.29) is 0 Å². The quantitative estimate of drug-likeness (QED) is 0.154. The summed E-state index contributed by atoms with van der Waals surface area (Å²) in [6.07, 6.45) is 10.9. The fraction of sp³-hybridized carbons (Fsp3) is 0.212. The van der Waals surface area contributed by atoms with Crippen LogP contribution in [0.2, 0.25) is 0 Å². The van der Waals surface area contributed by atoms with Crippen LogP contribution < -0.4 is 0 Å². The zero-order valence-electron chi connectivity index (χ0n) is 35.7. The predicted molar refractivity (Wildman–Crippen MR) is 246 cm³/mol. The number of para-hydroxylation sites is 2. The molecule has 11 rings (SSSR count). The van der Waals surface area contributed by atoms with Crippen molar-refractivity contribution in [3.8, 4) is 22.3 Å². The van der Waals surface area contributed by atoms with Crippen LogP contribution in [0.3, 0.4) is 0 Å². The van der Waals surface area contributed by atoms with Crippen LogP contribution in [0.25, 0.3) is 44.1 Å². The van der Waals surface area contributed by atoms with E-state index in [1.807, 2.05) is 52.6 Å². The molecular formula is C52H58N6. The van der Waals surface area contributed by atoms with Crippen molar-refractivity contribution in [1.82, 2.24) is 28.9 Å². The van der Waals surface area contributed by atoms with Gasteiger partial charge in [-0.15, -0.1) is 10.2 Å². The van der Waals surface area contributed by atoms with E-state index in [0.29, 0.717) is 0 Å². The highest BCUT2D eigenvalue weighted by Gasteiger charge is 2.19. The van der Waals surface area contributed by atoms with Crippen molar-refractivity contribution in [3.63, 3.8) is 0 Å². The smallest absolute Gasteiger partial charge is 0.119 e. The fourth-order valence-electron chi connectivity index (χ4n) is 7.40. The summed E-state index contributed by atoms with van der Waals surface area (Å²) in [5, 5.41) is 9.75. The lowest BCUT2D eigenvalue weighted by Gasteiger charge is -2.03. The first-order valence-electron chi connectivity index (χ1n) is 20.3. The van der Waals surface area contributed by atoms with Crippen molar-refractivity contribution in [2.75, 3.05) is 0 Å². The van der Waals surface area contributed by atoms with Gasteiger partial charge in [-0.25, -0.2) is 4.98 Å². The topological polar surface area (TPSA) is 53.5 Å². The van der Waals surface area contributed by atoms with Crippen LogP contribution in [0, 0.1) is 13.8 Å². The lowest BCUT2D eigenvalue weighted by molar-refractivity contribution is 0.910. The molecule has 6 heteroatoms. The molecule has 3 heterocycles. The molecule has 0 unspecified atom stereocenters. The number of aryl methyl sites for hydroxylation is 5. The molecule has 0 radical (unpaired) electrons. The van der Waals surface area contributed by atoms with E-state index < -0.39 is 0 Å². The predicted octanol–water partition coefficient (Wildman–Crippen LogP) is 12.8. The Morgan fingerprint density at radius 3 is 1.50 bits per heavy atom. The Hall–Kier alpha value is -6.53. The maximum atomic E-state index is 3.78. The minimum atomic E-state index is 1.10. The van der Waals surface area contributed by atoms with Gasteiger partial charge in [-0.3, -0.25) is 0 Å². The molecule has 0 amide bonds. The Morgan fingerprint density at radius 2 is 0.948 bits per heavy atom. The van der Waals surface area contributed by atoms with Gasteiger partial charge in [0.15, 0.2) is 0 Å². The molecule has 0 saturated carbocycles. The van der Waals surface area contributed by atoms with Gasteiger partial charge in [0.2, 0.25) is 0 Å². The molecule has 0 aliphatic heterocycles. The van der Waals surface area contributed by atoms with Gasteiger partial charge in [-0.2, -0.15) is 0 Å². The zero-order valence-corrected chi connectivity index (χ0v) is 35.7. The largest absolute Gasteiger partial charge is 0.344 e. The van der Waals surface area contributed by atoms with Gasteiger partial charge < -0.3 is 13.7 Å². The first-order chi connectivity index (χ1) is 28.4. The molecule has 3 aromatic heterocycles. The van der Waals surface area contributed by atoms with Crippen molar-refractivity contribution in [2.24, 2.45) is 21.1 Å². The molecule has 0 bridgehead atoms. The van der Waals surface area contributed by atoms with Crippen LogP contribution >= 0.6 is 0 Å². The van der Waals surface area contributed by atoms with E-state index in [9.17, 15) is 0 Å². The SMILES string of the molecule is CC.CC.Cc1cccc2c1-c1ccccc1C2.Cc1cccc2c1Cc1ccccc1-2.Cn1c2ccccc2c2ccccc21.Cn1ccnc1.Cn1cnnc1. The van der Waals surface area contributed by atoms with E-state index in [0.717, 1.165) is 12.8 Å². The Morgan fingerprint density at radius 1 is 0.448 bits per heavy atom. The Labute approximate surface area is 345 Å². The number of hydrogen-bond acceptors (Lipinski definition) is 3. The number of fused-ring (bicyclic) bond motifs is 9. The fourth-order valence-corrected chi connectivity index (χ4v) is 7.40. The van der Waals surface area contributed by atoms with Gasteiger partial charge >= 0.3 is 0 Å². The van der Waals surface area contributed by atoms with Gasteiger partial charge in [-0.1, -0.05) is 149 Å². The standard InChI is InChI=1S/2C14H12.C13H11N.C4H6N2.C3H5N3.2C2H6/c1-10-5-4-7-12-9-11-6-2-3-8-13(11)14(10)12;1-10-5-4-8-13-12-7-3-2-6-11(12)9-14(10)13;1-14-12-8-4-2-6-10(12)11-7-3-5-9-13(11)14;1-6-3-2-5-4-6;1-6-2-4-5-3-6;2*1-2/h2*2-8H,9H2,1H3;2-9H,1H3;2-4H,1H3;2-3H,1H3;2*1-2H3. The van der Waals surface area contributed by atoms with Crippen LogP contribution in [-0.4, -0.2) is 28.9 Å². The monoisotopic (exact) mass is 766 g/mol.